The minimum absolute atomic E-state index is 0.208. The second-order valence-corrected chi connectivity index (χ2v) is 4.77. The number of carboxylic acids is 1. The molecule has 2 rings (SSSR count). The Morgan fingerprint density at radius 3 is 2.20 bits per heavy atom. The van der Waals surface area contributed by atoms with E-state index in [0.29, 0.717) is 16.1 Å². The number of carbonyl (C=O) groups is 2. The van der Waals surface area contributed by atoms with E-state index in [2.05, 4.69) is 0 Å². The summed E-state index contributed by atoms with van der Waals surface area (Å²) in [5.74, 6) is -1.94. The molecule has 0 heterocycles. The molecule has 5 heteroatoms. The fourth-order valence-electron chi connectivity index (χ4n) is 1.84. The molecule has 2 aromatic rings. The van der Waals surface area contributed by atoms with Gasteiger partial charge in [0.25, 0.3) is 0 Å². The second-order valence-electron chi connectivity index (χ2n) is 4.33. The van der Waals surface area contributed by atoms with Gasteiger partial charge in [-0.25, -0.2) is 4.79 Å². The van der Waals surface area contributed by atoms with Crippen LogP contribution in [0.1, 0.15) is 31.8 Å². The van der Waals surface area contributed by atoms with Crippen LogP contribution in [0.5, 0.6) is 5.75 Å². The number of aromatic carboxylic acids is 1. The van der Waals surface area contributed by atoms with E-state index < -0.39 is 5.97 Å². The highest BCUT2D eigenvalue weighted by Gasteiger charge is 2.17. The summed E-state index contributed by atoms with van der Waals surface area (Å²) in [6.07, 6.45) is 0. The number of hydrogen-bond donors (Lipinski definition) is 2. The third kappa shape index (κ3) is 2.65. The first-order valence-corrected chi connectivity index (χ1v) is 6.15. The molecular formula is C15H11ClO4. The summed E-state index contributed by atoms with van der Waals surface area (Å²) >= 11 is 5.75. The number of ketones is 1. The van der Waals surface area contributed by atoms with Gasteiger partial charge >= 0.3 is 5.97 Å². The molecule has 0 amide bonds. The molecule has 0 saturated carbocycles. The van der Waals surface area contributed by atoms with Gasteiger partial charge in [0.1, 0.15) is 11.3 Å². The predicted octanol–water partition coefficient (Wildman–Crippen LogP) is 3.28. The first-order valence-electron chi connectivity index (χ1n) is 5.77. The maximum atomic E-state index is 12.3. The molecule has 0 unspecified atom stereocenters. The lowest BCUT2D eigenvalue weighted by atomic mass is 9.98. The Labute approximate surface area is 120 Å². The normalized spacial score (nSPS) is 10.3. The van der Waals surface area contributed by atoms with Crippen LogP contribution in [0.25, 0.3) is 0 Å². The molecule has 2 aromatic carbocycles. The van der Waals surface area contributed by atoms with Crippen LogP contribution < -0.4 is 0 Å². The molecule has 0 aromatic heterocycles. The highest BCUT2D eigenvalue weighted by molar-refractivity contribution is 6.30. The lowest BCUT2D eigenvalue weighted by Gasteiger charge is -2.07. The summed E-state index contributed by atoms with van der Waals surface area (Å²) in [6.45, 7) is 1.54. The molecule has 0 aliphatic rings. The van der Waals surface area contributed by atoms with Crippen molar-refractivity contribution in [1.82, 2.24) is 0 Å². The van der Waals surface area contributed by atoms with Crippen molar-refractivity contribution in [1.29, 1.82) is 0 Å². The van der Waals surface area contributed by atoms with Crippen molar-refractivity contribution in [2.24, 2.45) is 0 Å². The lowest BCUT2D eigenvalue weighted by Crippen LogP contribution is -2.06. The Morgan fingerprint density at radius 1 is 1.05 bits per heavy atom. The SMILES string of the molecule is Cc1cc(C(=O)c2ccc(Cl)cc2)cc(C(=O)O)c1O. The number of aromatic hydroxyl groups is 1. The van der Waals surface area contributed by atoms with E-state index in [4.69, 9.17) is 16.7 Å². The summed E-state index contributed by atoms with van der Waals surface area (Å²) < 4.78 is 0. The number of aryl methyl sites for hydroxylation is 1. The second kappa shape index (κ2) is 5.35. The molecule has 0 bridgehead atoms. The quantitative estimate of drug-likeness (QED) is 0.851. The van der Waals surface area contributed by atoms with Crippen LogP contribution in [-0.4, -0.2) is 22.0 Å². The van der Waals surface area contributed by atoms with Crippen LogP contribution in [0.4, 0.5) is 0 Å². The van der Waals surface area contributed by atoms with Gasteiger partial charge in [-0.1, -0.05) is 11.6 Å². The number of hydrogen-bond acceptors (Lipinski definition) is 3. The third-order valence-electron chi connectivity index (χ3n) is 2.90. The standard InChI is InChI=1S/C15H11ClO4/c1-8-6-10(7-12(13(8)17)15(19)20)14(18)9-2-4-11(16)5-3-9/h2-7,17H,1H3,(H,19,20). The Hall–Kier alpha value is -2.33. The maximum Gasteiger partial charge on any atom is 0.339 e. The topological polar surface area (TPSA) is 74.6 Å². The molecule has 102 valence electrons. The monoisotopic (exact) mass is 290 g/mol. The Morgan fingerprint density at radius 2 is 1.65 bits per heavy atom. The first kappa shape index (κ1) is 14.1. The average Bonchev–Trinajstić information content (AvgIpc) is 2.41. The van der Waals surface area contributed by atoms with Crippen molar-refractivity contribution in [3.63, 3.8) is 0 Å². The van der Waals surface area contributed by atoms with Crippen molar-refractivity contribution in [2.75, 3.05) is 0 Å². The fraction of sp³-hybridized carbons (Fsp3) is 0.0667. The van der Waals surface area contributed by atoms with Gasteiger partial charge in [-0.2, -0.15) is 0 Å². The van der Waals surface area contributed by atoms with Crippen LogP contribution in [-0.2, 0) is 0 Å². The van der Waals surface area contributed by atoms with Gasteiger partial charge in [-0.15, -0.1) is 0 Å². The molecule has 0 aliphatic carbocycles. The van der Waals surface area contributed by atoms with E-state index in [9.17, 15) is 14.7 Å². The fourth-order valence-corrected chi connectivity index (χ4v) is 1.97. The maximum absolute atomic E-state index is 12.3. The lowest BCUT2D eigenvalue weighted by molar-refractivity contribution is 0.0693. The van der Waals surface area contributed by atoms with Gasteiger partial charge in [-0.05, 0) is 48.9 Å². The van der Waals surface area contributed by atoms with Crippen molar-refractivity contribution in [2.45, 2.75) is 6.92 Å². The molecule has 0 spiro atoms. The van der Waals surface area contributed by atoms with Crippen LogP contribution in [0.2, 0.25) is 5.02 Å². The van der Waals surface area contributed by atoms with Crippen LogP contribution >= 0.6 is 11.6 Å². The molecule has 4 nitrogen and oxygen atoms in total. The molecule has 0 saturated heterocycles. The highest BCUT2D eigenvalue weighted by atomic mass is 35.5. The van der Waals surface area contributed by atoms with Gasteiger partial charge < -0.3 is 10.2 Å². The van der Waals surface area contributed by atoms with E-state index in [0.717, 1.165) is 0 Å². The van der Waals surface area contributed by atoms with Gasteiger partial charge in [-0.3, -0.25) is 4.79 Å². The zero-order valence-corrected chi connectivity index (χ0v) is 11.3. The number of carboxylic acid groups (broad SMARTS) is 1. The van der Waals surface area contributed by atoms with E-state index in [1.165, 1.54) is 12.1 Å². The Bertz CT molecular complexity index is 690. The van der Waals surface area contributed by atoms with Crippen molar-refractivity contribution in [3.8, 4) is 5.75 Å². The summed E-state index contributed by atoms with van der Waals surface area (Å²) in [5.41, 5.74) is 0.653. The summed E-state index contributed by atoms with van der Waals surface area (Å²) in [5, 5.41) is 19.2. The summed E-state index contributed by atoms with van der Waals surface area (Å²) in [7, 11) is 0. The predicted molar refractivity (Wildman–Crippen MR) is 74.7 cm³/mol. The van der Waals surface area contributed by atoms with Gasteiger partial charge in [0, 0.05) is 16.1 Å². The van der Waals surface area contributed by atoms with Crippen molar-refractivity contribution < 1.29 is 19.8 Å². The van der Waals surface area contributed by atoms with Gasteiger partial charge in [0.15, 0.2) is 5.78 Å². The first-order chi connectivity index (χ1) is 9.40. The number of rotatable bonds is 3. The van der Waals surface area contributed by atoms with E-state index in [1.807, 2.05) is 0 Å². The highest BCUT2D eigenvalue weighted by Crippen LogP contribution is 2.25. The number of halogens is 1. The van der Waals surface area contributed by atoms with E-state index >= 15 is 0 Å². The van der Waals surface area contributed by atoms with Crippen molar-refractivity contribution >= 4 is 23.4 Å². The smallest absolute Gasteiger partial charge is 0.339 e. The zero-order chi connectivity index (χ0) is 14.9. The molecule has 0 atom stereocenters. The average molecular weight is 291 g/mol. The molecule has 2 N–H and O–H groups in total. The minimum Gasteiger partial charge on any atom is -0.507 e. The van der Waals surface area contributed by atoms with E-state index in [-0.39, 0.29) is 22.7 Å². The van der Waals surface area contributed by atoms with Crippen LogP contribution in [0.15, 0.2) is 36.4 Å². The molecule has 0 radical (unpaired) electrons. The van der Waals surface area contributed by atoms with Crippen LogP contribution in [0, 0.1) is 6.92 Å². The summed E-state index contributed by atoms with van der Waals surface area (Å²) in [4.78, 5) is 23.3. The zero-order valence-electron chi connectivity index (χ0n) is 10.6. The molecule has 20 heavy (non-hydrogen) atoms. The van der Waals surface area contributed by atoms with E-state index in [1.54, 1.807) is 31.2 Å². The Kier molecular flexibility index (Phi) is 3.77. The number of benzene rings is 2. The number of phenols is 1. The van der Waals surface area contributed by atoms with Crippen LogP contribution in [0.3, 0.4) is 0 Å². The van der Waals surface area contributed by atoms with Gasteiger partial charge in [0.2, 0.25) is 0 Å². The number of carbonyl (C=O) groups excluding carboxylic acids is 1. The van der Waals surface area contributed by atoms with Crippen molar-refractivity contribution in [3.05, 3.63) is 63.7 Å². The molecular weight excluding hydrogens is 280 g/mol. The minimum atomic E-state index is -1.28. The largest absolute Gasteiger partial charge is 0.507 e. The Balaban J connectivity index is 2.50. The summed E-state index contributed by atoms with van der Waals surface area (Å²) in [6, 6.07) is 8.92. The molecule has 0 fully saturated rings. The molecule has 0 aliphatic heterocycles. The van der Waals surface area contributed by atoms with Gasteiger partial charge in [0.05, 0.1) is 0 Å². The third-order valence-corrected chi connectivity index (χ3v) is 3.15.